The Morgan fingerprint density at radius 3 is 2.36 bits per heavy atom. The molecular weight excluding hydrogens is 342 g/mol. The van der Waals surface area contributed by atoms with Gasteiger partial charge in [0.15, 0.2) is 0 Å². The fraction of sp³-hybridized carbons (Fsp3) is 0.294. The van der Waals surface area contributed by atoms with Gasteiger partial charge in [-0.2, -0.15) is 0 Å². The molecule has 1 aromatic heterocycles. The first-order chi connectivity index (χ1) is 11.8. The molecule has 0 saturated carbocycles. The number of amides is 1. The van der Waals surface area contributed by atoms with Crippen LogP contribution in [0.15, 0.2) is 47.4 Å². The van der Waals surface area contributed by atoms with Crippen LogP contribution in [0.3, 0.4) is 0 Å². The molecule has 1 aromatic carbocycles. The maximum atomic E-state index is 12.0. The van der Waals surface area contributed by atoms with Gasteiger partial charge >= 0.3 is 0 Å². The van der Waals surface area contributed by atoms with Gasteiger partial charge in [0.2, 0.25) is 10.0 Å². The topological polar surface area (TPSA) is 108 Å². The Balaban J connectivity index is 1.96. The van der Waals surface area contributed by atoms with E-state index in [9.17, 15) is 18.0 Å². The van der Waals surface area contributed by atoms with E-state index in [-0.39, 0.29) is 23.9 Å². The number of carbonyl (C=O) groups excluding carboxylic acids is 1. The van der Waals surface area contributed by atoms with Crippen molar-refractivity contribution in [2.24, 2.45) is 0 Å². The standard InChI is InChI=1S/C17H21N3O4S/c1-12(2)20-25(23,24)11-14-7-5-13(6-8-14)10-19-17(22)15-4-3-9-18-16(15)21/h3-9,12,20H,10-11H2,1-2H3,(H,18,21)(H,19,22). The first-order valence-corrected chi connectivity index (χ1v) is 9.46. The quantitative estimate of drug-likeness (QED) is 0.685. The highest BCUT2D eigenvalue weighted by atomic mass is 32.2. The molecule has 8 heteroatoms. The highest BCUT2D eigenvalue weighted by Gasteiger charge is 2.13. The van der Waals surface area contributed by atoms with E-state index in [0.717, 1.165) is 5.56 Å². The molecule has 0 aliphatic rings. The summed E-state index contributed by atoms with van der Waals surface area (Å²) in [7, 11) is -3.37. The zero-order valence-electron chi connectivity index (χ0n) is 14.1. The highest BCUT2D eigenvalue weighted by molar-refractivity contribution is 7.88. The highest BCUT2D eigenvalue weighted by Crippen LogP contribution is 2.08. The monoisotopic (exact) mass is 363 g/mol. The molecular formula is C17H21N3O4S. The molecule has 0 bridgehead atoms. The number of carbonyl (C=O) groups is 1. The van der Waals surface area contributed by atoms with Gasteiger partial charge in [-0.1, -0.05) is 24.3 Å². The van der Waals surface area contributed by atoms with Crippen molar-refractivity contribution < 1.29 is 13.2 Å². The lowest BCUT2D eigenvalue weighted by Crippen LogP contribution is -2.31. The van der Waals surface area contributed by atoms with Crippen LogP contribution in [0.4, 0.5) is 0 Å². The SMILES string of the molecule is CC(C)NS(=O)(=O)Cc1ccc(CNC(=O)c2ccc[nH]c2=O)cc1. The van der Waals surface area contributed by atoms with E-state index >= 15 is 0 Å². The molecule has 0 unspecified atom stereocenters. The maximum absolute atomic E-state index is 12.0. The van der Waals surface area contributed by atoms with Gasteiger partial charge in [0, 0.05) is 18.8 Å². The third-order valence-corrected chi connectivity index (χ3v) is 4.85. The fourth-order valence-electron chi connectivity index (χ4n) is 2.25. The molecule has 1 heterocycles. The van der Waals surface area contributed by atoms with Crippen molar-refractivity contribution in [3.05, 3.63) is 69.6 Å². The van der Waals surface area contributed by atoms with E-state index in [1.807, 2.05) is 0 Å². The van der Waals surface area contributed by atoms with Crippen LogP contribution in [-0.2, 0) is 22.3 Å². The predicted molar refractivity (Wildman–Crippen MR) is 95.6 cm³/mol. The summed E-state index contributed by atoms with van der Waals surface area (Å²) >= 11 is 0. The summed E-state index contributed by atoms with van der Waals surface area (Å²) in [6, 6.07) is 9.78. The van der Waals surface area contributed by atoms with Crippen LogP contribution >= 0.6 is 0 Å². The number of hydrogen-bond acceptors (Lipinski definition) is 4. The summed E-state index contributed by atoms with van der Waals surface area (Å²) in [6.07, 6.45) is 1.46. The average molecular weight is 363 g/mol. The minimum absolute atomic E-state index is 0.0463. The molecule has 0 fully saturated rings. The van der Waals surface area contributed by atoms with Crippen molar-refractivity contribution in [3.63, 3.8) is 0 Å². The molecule has 2 rings (SSSR count). The first-order valence-electron chi connectivity index (χ1n) is 7.80. The molecule has 3 N–H and O–H groups in total. The molecule has 1 amide bonds. The molecule has 0 aliphatic carbocycles. The number of sulfonamides is 1. The summed E-state index contributed by atoms with van der Waals surface area (Å²) in [6.45, 7) is 3.77. The van der Waals surface area contributed by atoms with Gasteiger partial charge in [0.1, 0.15) is 5.56 Å². The summed E-state index contributed by atoms with van der Waals surface area (Å²) in [4.78, 5) is 26.0. The number of aromatic amines is 1. The molecule has 0 radical (unpaired) electrons. The minimum Gasteiger partial charge on any atom is -0.348 e. The number of benzene rings is 1. The van der Waals surface area contributed by atoms with Gasteiger partial charge < -0.3 is 10.3 Å². The smallest absolute Gasteiger partial charge is 0.260 e. The van der Waals surface area contributed by atoms with Crippen molar-refractivity contribution in [2.45, 2.75) is 32.2 Å². The molecule has 0 aliphatic heterocycles. The van der Waals surface area contributed by atoms with E-state index in [1.54, 1.807) is 44.2 Å². The van der Waals surface area contributed by atoms with Gasteiger partial charge in [-0.05, 0) is 37.1 Å². The van der Waals surface area contributed by atoms with Crippen LogP contribution in [0.1, 0.15) is 35.3 Å². The second-order valence-corrected chi connectivity index (χ2v) is 7.70. The minimum atomic E-state index is -3.37. The van der Waals surface area contributed by atoms with Gasteiger partial charge in [-0.3, -0.25) is 9.59 Å². The van der Waals surface area contributed by atoms with Crippen LogP contribution in [-0.4, -0.2) is 25.4 Å². The van der Waals surface area contributed by atoms with Crippen molar-refractivity contribution in [2.75, 3.05) is 0 Å². The molecule has 2 aromatic rings. The van der Waals surface area contributed by atoms with Gasteiger partial charge in [-0.25, -0.2) is 13.1 Å². The van der Waals surface area contributed by atoms with Crippen LogP contribution in [0.5, 0.6) is 0 Å². The third-order valence-electron chi connectivity index (χ3n) is 3.31. The second kappa shape index (κ2) is 8.09. The number of rotatable bonds is 7. The van der Waals surface area contributed by atoms with Gasteiger partial charge in [0.05, 0.1) is 5.75 Å². The van der Waals surface area contributed by atoms with Crippen molar-refractivity contribution >= 4 is 15.9 Å². The van der Waals surface area contributed by atoms with Crippen LogP contribution in [0, 0.1) is 0 Å². The number of aromatic nitrogens is 1. The summed E-state index contributed by atoms with van der Waals surface area (Å²) in [5, 5.41) is 2.66. The number of hydrogen-bond donors (Lipinski definition) is 3. The fourth-order valence-corrected chi connectivity index (χ4v) is 3.68. The number of pyridine rings is 1. The van der Waals surface area contributed by atoms with Gasteiger partial charge in [-0.15, -0.1) is 0 Å². The third kappa shape index (κ3) is 5.84. The second-order valence-electron chi connectivity index (χ2n) is 5.94. The summed E-state index contributed by atoms with van der Waals surface area (Å²) < 4.78 is 26.3. The van der Waals surface area contributed by atoms with Crippen LogP contribution in [0.25, 0.3) is 0 Å². The average Bonchev–Trinajstić information content (AvgIpc) is 2.52. The molecule has 7 nitrogen and oxygen atoms in total. The Morgan fingerprint density at radius 2 is 1.76 bits per heavy atom. The molecule has 0 spiro atoms. The lowest BCUT2D eigenvalue weighted by atomic mass is 10.1. The van der Waals surface area contributed by atoms with E-state index < -0.39 is 21.5 Å². The van der Waals surface area contributed by atoms with Crippen molar-refractivity contribution in [1.29, 1.82) is 0 Å². The molecule has 134 valence electrons. The lowest BCUT2D eigenvalue weighted by molar-refractivity contribution is 0.0949. The summed E-state index contributed by atoms with van der Waals surface area (Å²) in [5.41, 5.74) is 1.06. The molecule has 25 heavy (non-hydrogen) atoms. The largest absolute Gasteiger partial charge is 0.348 e. The Hall–Kier alpha value is -2.45. The van der Waals surface area contributed by atoms with E-state index in [1.165, 1.54) is 12.3 Å². The maximum Gasteiger partial charge on any atom is 0.260 e. The van der Waals surface area contributed by atoms with Crippen LogP contribution < -0.4 is 15.6 Å². The Labute approximate surface area is 146 Å². The Morgan fingerprint density at radius 1 is 1.12 bits per heavy atom. The zero-order valence-corrected chi connectivity index (χ0v) is 14.9. The molecule has 0 saturated heterocycles. The van der Waals surface area contributed by atoms with E-state index in [2.05, 4.69) is 15.0 Å². The molecule has 0 atom stereocenters. The Bertz CT molecular complexity index is 887. The number of H-pyrrole nitrogens is 1. The van der Waals surface area contributed by atoms with Gasteiger partial charge in [0.25, 0.3) is 11.5 Å². The van der Waals surface area contributed by atoms with Crippen LogP contribution in [0.2, 0.25) is 0 Å². The normalized spacial score (nSPS) is 11.5. The van der Waals surface area contributed by atoms with Crippen molar-refractivity contribution in [3.8, 4) is 0 Å². The van der Waals surface area contributed by atoms with Crippen molar-refractivity contribution in [1.82, 2.24) is 15.0 Å². The predicted octanol–water partition coefficient (Wildman–Crippen LogP) is 1.13. The number of nitrogens with one attached hydrogen (secondary N) is 3. The van der Waals surface area contributed by atoms with E-state index in [0.29, 0.717) is 5.56 Å². The first kappa shape index (κ1) is 18.9. The lowest BCUT2D eigenvalue weighted by Gasteiger charge is -2.10. The zero-order chi connectivity index (χ0) is 18.4. The Kier molecular flexibility index (Phi) is 6.11. The summed E-state index contributed by atoms with van der Waals surface area (Å²) in [5.74, 6) is -0.563. The van der Waals surface area contributed by atoms with E-state index in [4.69, 9.17) is 0 Å².